The second-order valence-corrected chi connectivity index (χ2v) is 7.36. The van der Waals surface area contributed by atoms with Gasteiger partial charge in [0.05, 0.1) is 5.56 Å². The molecule has 25 heavy (non-hydrogen) atoms. The largest absolute Gasteiger partial charge is 0.444 e. The van der Waals surface area contributed by atoms with Gasteiger partial charge in [-0.05, 0) is 57.7 Å². The Labute approximate surface area is 146 Å². The van der Waals surface area contributed by atoms with Gasteiger partial charge in [0.2, 0.25) is 0 Å². The van der Waals surface area contributed by atoms with Crippen LogP contribution in [0.15, 0.2) is 24.3 Å². The Morgan fingerprint density at radius 2 is 1.88 bits per heavy atom. The van der Waals surface area contributed by atoms with Crippen molar-refractivity contribution in [3.05, 3.63) is 29.8 Å². The number of carbonyl (C=O) groups is 1. The molecule has 0 aromatic heterocycles. The number of alkyl carbamates (subject to hydrolysis) is 1. The minimum absolute atomic E-state index is 0.301. The van der Waals surface area contributed by atoms with Gasteiger partial charge in [-0.2, -0.15) is 13.2 Å². The number of carbonyl (C=O) groups excluding carboxylic acids is 1. The highest BCUT2D eigenvalue weighted by atomic mass is 19.4. The number of hydrogen-bond donors (Lipinski definition) is 1. The number of nitrogens with zero attached hydrogens (tertiary/aromatic N) is 1. The lowest BCUT2D eigenvalue weighted by atomic mass is 9.96. The van der Waals surface area contributed by atoms with Gasteiger partial charge in [0.25, 0.3) is 0 Å². The van der Waals surface area contributed by atoms with E-state index in [2.05, 4.69) is 5.32 Å². The minimum Gasteiger partial charge on any atom is -0.444 e. The summed E-state index contributed by atoms with van der Waals surface area (Å²) in [6.45, 7) is 7.27. The first-order valence-corrected chi connectivity index (χ1v) is 8.44. The van der Waals surface area contributed by atoms with Gasteiger partial charge in [-0.1, -0.05) is 6.07 Å². The van der Waals surface area contributed by atoms with Crippen LogP contribution in [0.4, 0.5) is 23.7 Å². The van der Waals surface area contributed by atoms with E-state index in [9.17, 15) is 18.0 Å². The van der Waals surface area contributed by atoms with Crippen LogP contribution in [0.1, 0.15) is 39.2 Å². The number of alkyl halides is 3. The molecule has 1 aliphatic rings. The van der Waals surface area contributed by atoms with Crippen molar-refractivity contribution >= 4 is 11.8 Å². The van der Waals surface area contributed by atoms with Crippen molar-refractivity contribution in [2.24, 2.45) is 5.92 Å². The Morgan fingerprint density at radius 1 is 1.24 bits per heavy atom. The monoisotopic (exact) mass is 358 g/mol. The third-order valence-electron chi connectivity index (χ3n) is 4.09. The molecule has 0 radical (unpaired) electrons. The predicted molar refractivity (Wildman–Crippen MR) is 90.6 cm³/mol. The first-order chi connectivity index (χ1) is 11.5. The fourth-order valence-electron chi connectivity index (χ4n) is 2.82. The van der Waals surface area contributed by atoms with Crippen LogP contribution in [0.5, 0.6) is 0 Å². The van der Waals surface area contributed by atoms with E-state index in [1.165, 1.54) is 12.1 Å². The molecule has 1 fully saturated rings. The summed E-state index contributed by atoms with van der Waals surface area (Å²) in [5.74, 6) is 0.301. The van der Waals surface area contributed by atoms with Gasteiger partial charge in [-0.15, -0.1) is 0 Å². The average molecular weight is 358 g/mol. The molecule has 0 bridgehead atoms. The Kier molecular flexibility index (Phi) is 5.85. The van der Waals surface area contributed by atoms with Gasteiger partial charge >= 0.3 is 12.3 Å². The second-order valence-electron chi connectivity index (χ2n) is 7.36. The average Bonchev–Trinajstić information content (AvgIpc) is 2.51. The maximum Gasteiger partial charge on any atom is 0.416 e. The number of benzene rings is 1. The molecule has 7 heteroatoms. The number of rotatable bonds is 3. The summed E-state index contributed by atoms with van der Waals surface area (Å²) < 4.78 is 43.7. The lowest BCUT2D eigenvalue weighted by Gasteiger charge is -2.34. The standard InChI is InChI=1S/C18H25F3N2O2/c1-17(2,3)25-16(24)22-12-13-7-9-23(10-8-13)15-6-4-5-14(11-15)18(19,20)21/h4-6,11,13H,7-10,12H2,1-3H3,(H,22,24). The number of ether oxygens (including phenoxy) is 1. The molecule has 0 atom stereocenters. The van der Waals surface area contributed by atoms with Crippen LogP contribution >= 0.6 is 0 Å². The summed E-state index contributed by atoms with van der Waals surface area (Å²) in [6, 6.07) is 5.42. The molecule has 0 unspecified atom stereocenters. The number of amides is 1. The predicted octanol–water partition coefficient (Wildman–Crippen LogP) is 4.45. The molecule has 140 valence electrons. The molecular formula is C18H25F3N2O2. The molecule has 1 aromatic carbocycles. The lowest BCUT2D eigenvalue weighted by Crippen LogP contribution is -2.40. The molecule has 1 aromatic rings. The highest BCUT2D eigenvalue weighted by Gasteiger charge is 2.31. The van der Waals surface area contributed by atoms with Crippen LogP contribution in [0, 0.1) is 5.92 Å². The molecule has 4 nitrogen and oxygen atoms in total. The van der Waals surface area contributed by atoms with Gasteiger partial charge in [0.15, 0.2) is 0 Å². The van der Waals surface area contributed by atoms with E-state index in [1.54, 1.807) is 26.8 Å². The minimum atomic E-state index is -4.33. The van der Waals surface area contributed by atoms with E-state index in [0.717, 1.165) is 18.9 Å². The van der Waals surface area contributed by atoms with Crippen molar-refractivity contribution < 1.29 is 22.7 Å². The Bertz CT molecular complexity index is 589. The first-order valence-electron chi connectivity index (χ1n) is 8.44. The van der Waals surface area contributed by atoms with E-state index in [1.807, 2.05) is 4.90 Å². The number of halogens is 3. The zero-order chi connectivity index (χ0) is 18.7. The third kappa shape index (κ3) is 6.14. The van der Waals surface area contributed by atoms with Crippen molar-refractivity contribution in [2.45, 2.75) is 45.4 Å². The molecule has 1 amide bonds. The highest BCUT2D eigenvalue weighted by Crippen LogP contribution is 2.32. The summed E-state index contributed by atoms with van der Waals surface area (Å²) in [7, 11) is 0. The molecular weight excluding hydrogens is 333 g/mol. The summed E-state index contributed by atoms with van der Waals surface area (Å²) in [5.41, 5.74) is -0.566. The Morgan fingerprint density at radius 3 is 2.44 bits per heavy atom. The Hall–Kier alpha value is -1.92. The zero-order valence-corrected chi connectivity index (χ0v) is 14.8. The summed E-state index contributed by atoms with van der Waals surface area (Å²) in [4.78, 5) is 13.6. The molecule has 1 saturated heterocycles. The van der Waals surface area contributed by atoms with E-state index < -0.39 is 23.4 Å². The second kappa shape index (κ2) is 7.54. The smallest absolute Gasteiger partial charge is 0.416 e. The molecule has 0 spiro atoms. The molecule has 1 heterocycles. The van der Waals surface area contributed by atoms with Crippen LogP contribution < -0.4 is 10.2 Å². The van der Waals surface area contributed by atoms with Crippen molar-refractivity contribution in [1.29, 1.82) is 0 Å². The van der Waals surface area contributed by atoms with Crippen LogP contribution in [0.2, 0.25) is 0 Å². The van der Waals surface area contributed by atoms with E-state index in [4.69, 9.17) is 4.74 Å². The Balaban J connectivity index is 1.83. The molecule has 2 rings (SSSR count). The van der Waals surface area contributed by atoms with Crippen LogP contribution in [0.25, 0.3) is 0 Å². The van der Waals surface area contributed by atoms with E-state index >= 15 is 0 Å². The third-order valence-corrected chi connectivity index (χ3v) is 4.09. The quantitative estimate of drug-likeness (QED) is 0.868. The van der Waals surface area contributed by atoms with Crippen LogP contribution in [-0.2, 0) is 10.9 Å². The molecule has 1 N–H and O–H groups in total. The van der Waals surface area contributed by atoms with Crippen LogP contribution in [-0.4, -0.2) is 31.3 Å². The van der Waals surface area contributed by atoms with Crippen molar-refractivity contribution in [3.63, 3.8) is 0 Å². The summed E-state index contributed by atoms with van der Waals surface area (Å²) in [5, 5.41) is 2.76. The fraction of sp³-hybridized carbons (Fsp3) is 0.611. The topological polar surface area (TPSA) is 41.6 Å². The highest BCUT2D eigenvalue weighted by molar-refractivity contribution is 5.67. The van der Waals surface area contributed by atoms with E-state index in [0.29, 0.717) is 31.2 Å². The van der Waals surface area contributed by atoms with Crippen LogP contribution in [0.3, 0.4) is 0 Å². The normalized spacial score (nSPS) is 16.6. The lowest BCUT2D eigenvalue weighted by molar-refractivity contribution is -0.137. The fourth-order valence-corrected chi connectivity index (χ4v) is 2.82. The molecule has 0 aliphatic carbocycles. The molecule has 0 saturated carbocycles. The maximum atomic E-state index is 12.8. The van der Waals surface area contributed by atoms with Gasteiger partial charge in [0, 0.05) is 25.3 Å². The van der Waals surface area contributed by atoms with Gasteiger partial charge in [0.1, 0.15) is 5.60 Å². The van der Waals surface area contributed by atoms with Gasteiger partial charge < -0.3 is 15.0 Å². The first kappa shape index (κ1) is 19.4. The summed E-state index contributed by atoms with van der Waals surface area (Å²) >= 11 is 0. The van der Waals surface area contributed by atoms with Crippen molar-refractivity contribution in [1.82, 2.24) is 5.32 Å². The van der Waals surface area contributed by atoms with Gasteiger partial charge in [-0.3, -0.25) is 0 Å². The van der Waals surface area contributed by atoms with E-state index in [-0.39, 0.29) is 0 Å². The van der Waals surface area contributed by atoms with Crippen molar-refractivity contribution in [3.8, 4) is 0 Å². The summed E-state index contributed by atoms with van der Waals surface area (Å²) in [6.07, 6.45) is -3.14. The SMILES string of the molecule is CC(C)(C)OC(=O)NCC1CCN(c2cccc(C(F)(F)F)c2)CC1. The van der Waals surface area contributed by atoms with Crippen molar-refractivity contribution in [2.75, 3.05) is 24.5 Å². The number of anilines is 1. The number of piperidine rings is 1. The maximum absolute atomic E-state index is 12.8. The zero-order valence-electron chi connectivity index (χ0n) is 14.8. The number of hydrogen-bond acceptors (Lipinski definition) is 3. The molecule has 1 aliphatic heterocycles. The van der Waals surface area contributed by atoms with Gasteiger partial charge in [-0.25, -0.2) is 4.79 Å². The number of nitrogens with one attached hydrogen (secondary N) is 1.